The minimum atomic E-state index is -3.90. The van der Waals surface area contributed by atoms with Crippen LogP contribution in [0.5, 0.6) is 11.5 Å². The van der Waals surface area contributed by atoms with Crippen molar-refractivity contribution in [2.75, 3.05) is 13.3 Å². The van der Waals surface area contributed by atoms with Crippen LogP contribution in [0.3, 0.4) is 0 Å². The maximum Gasteiger partial charge on any atom is 0.410 e. The van der Waals surface area contributed by atoms with Gasteiger partial charge in [0.1, 0.15) is 29.3 Å². The number of rotatable bonds is 10. The molecule has 7 rings (SSSR count). The number of hydrogen-bond acceptors (Lipinski definition) is 11. The summed E-state index contributed by atoms with van der Waals surface area (Å²) in [6, 6.07) is 9.54. The van der Waals surface area contributed by atoms with E-state index >= 15 is 0 Å². The van der Waals surface area contributed by atoms with Gasteiger partial charge < -0.3 is 34.5 Å². The highest BCUT2D eigenvalue weighted by atomic mass is 32.2. The molecule has 2 aromatic rings. The fraction of sp³-hybridized carbons (Fsp3) is 0.541. The average molecular weight is 768 g/mol. The quantitative estimate of drug-likeness (QED) is 0.321. The molecular formula is C37H45N5O11S. The molecule has 3 heterocycles. The number of carbonyl (C=O) groups excluding carboxylic acids is 5. The molecule has 5 aliphatic rings. The summed E-state index contributed by atoms with van der Waals surface area (Å²) in [7, 11) is -3.90. The maximum atomic E-state index is 14.5. The smallest absolute Gasteiger partial charge is 0.410 e. The van der Waals surface area contributed by atoms with Crippen LogP contribution in [0.15, 0.2) is 42.5 Å². The lowest BCUT2D eigenvalue weighted by Crippen LogP contribution is -2.57. The fourth-order valence-electron chi connectivity index (χ4n) is 7.33. The second-order valence-corrected chi connectivity index (χ2v) is 17.5. The Morgan fingerprint density at radius 1 is 1.00 bits per heavy atom. The van der Waals surface area contributed by atoms with E-state index in [0.717, 1.165) is 11.1 Å². The van der Waals surface area contributed by atoms with Crippen molar-refractivity contribution in [1.29, 1.82) is 0 Å². The van der Waals surface area contributed by atoms with Crippen molar-refractivity contribution in [2.24, 2.45) is 5.92 Å². The van der Waals surface area contributed by atoms with Crippen molar-refractivity contribution in [3.8, 4) is 11.5 Å². The highest BCUT2D eigenvalue weighted by Gasteiger charge is 2.62. The summed E-state index contributed by atoms with van der Waals surface area (Å²) in [5.74, 6) is -1.37. The third-order valence-electron chi connectivity index (χ3n) is 10.4. The van der Waals surface area contributed by atoms with Gasteiger partial charge in [-0.3, -0.25) is 24.0 Å². The largest absolute Gasteiger partial charge is 0.454 e. The minimum Gasteiger partial charge on any atom is -0.454 e. The van der Waals surface area contributed by atoms with Crippen LogP contribution in [-0.4, -0.2) is 90.0 Å². The molecule has 0 unspecified atom stereocenters. The lowest BCUT2D eigenvalue weighted by Gasteiger charge is -2.30. The molecule has 0 spiro atoms. The van der Waals surface area contributed by atoms with Crippen LogP contribution in [0.4, 0.5) is 9.59 Å². The van der Waals surface area contributed by atoms with E-state index in [-0.39, 0.29) is 45.2 Å². The normalized spacial score (nSPS) is 24.6. The first-order valence-corrected chi connectivity index (χ1v) is 19.7. The van der Waals surface area contributed by atoms with Gasteiger partial charge in [0, 0.05) is 19.5 Å². The van der Waals surface area contributed by atoms with Crippen molar-refractivity contribution in [3.63, 3.8) is 0 Å². The van der Waals surface area contributed by atoms with Crippen LogP contribution in [0.2, 0.25) is 0 Å². The number of likely N-dealkylation sites (tertiary alicyclic amines) is 1. The number of carbonyl (C=O) groups is 5. The first-order chi connectivity index (χ1) is 25.6. The molecule has 1 saturated heterocycles. The molecule has 2 aromatic carbocycles. The van der Waals surface area contributed by atoms with E-state index in [0.29, 0.717) is 36.3 Å². The van der Waals surface area contributed by atoms with Gasteiger partial charge in [-0.1, -0.05) is 43.7 Å². The van der Waals surface area contributed by atoms with Gasteiger partial charge >= 0.3 is 12.2 Å². The molecule has 17 heteroatoms. The van der Waals surface area contributed by atoms with E-state index in [1.807, 2.05) is 19.1 Å². The van der Waals surface area contributed by atoms with E-state index < -0.39 is 74.5 Å². The molecule has 0 aromatic heterocycles. The zero-order chi connectivity index (χ0) is 38.6. The Morgan fingerprint density at radius 2 is 1.65 bits per heavy atom. The lowest BCUT2D eigenvalue weighted by molar-refractivity contribution is -0.141. The highest BCUT2D eigenvalue weighted by Crippen LogP contribution is 2.47. The van der Waals surface area contributed by atoms with E-state index in [9.17, 15) is 32.4 Å². The Hall–Kier alpha value is -5.06. The standard InChI is InChI=1S/C37H45N5O11S/c1-5-24-16-37(24,33(45)40-54(48,49)26-11-12-26)39-31(43)27-15-25(52-35(47)41-17-22-13-28-29(51-20-50-28)14-23(22)18-41)19-42(27)32(44)30(21-9-7-6-8-10-21)38-34(46)53-36(2,3)4/h6-10,13-14,24-27,30H,5,11-12,15-20H2,1-4H3,(H,38,46)(H,39,43)(H,40,45)/t24-,25+,27-,30-,37-/m0/s1. The van der Waals surface area contributed by atoms with Gasteiger partial charge in [0.05, 0.1) is 11.8 Å². The summed E-state index contributed by atoms with van der Waals surface area (Å²) in [6.45, 7) is 7.30. The van der Waals surface area contributed by atoms with Crippen LogP contribution >= 0.6 is 0 Å². The number of fused-ring (bicyclic) bond motifs is 2. The number of hydrogen-bond donors (Lipinski definition) is 3. The average Bonchev–Trinajstić information content (AvgIpc) is 3.94. The Morgan fingerprint density at radius 3 is 2.22 bits per heavy atom. The first-order valence-electron chi connectivity index (χ1n) is 18.2. The summed E-state index contributed by atoms with van der Waals surface area (Å²) >= 11 is 0. The van der Waals surface area contributed by atoms with Gasteiger partial charge in [-0.15, -0.1) is 0 Å². The third-order valence-corrected chi connectivity index (χ3v) is 12.2. The molecule has 2 aliphatic carbocycles. The summed E-state index contributed by atoms with van der Waals surface area (Å²) < 4.78 is 49.9. The molecule has 5 amide bonds. The van der Waals surface area contributed by atoms with Crippen LogP contribution in [0.1, 0.15) is 82.5 Å². The predicted octanol–water partition coefficient (Wildman–Crippen LogP) is 3.00. The molecule has 16 nitrogen and oxygen atoms in total. The van der Waals surface area contributed by atoms with E-state index in [4.69, 9.17) is 18.9 Å². The Bertz CT molecular complexity index is 1930. The number of alkyl carbamates (subject to hydrolysis) is 1. The van der Waals surface area contributed by atoms with E-state index in [2.05, 4.69) is 15.4 Å². The molecule has 3 N–H and O–H groups in total. The van der Waals surface area contributed by atoms with Gasteiger partial charge in [-0.25, -0.2) is 18.0 Å². The molecule has 3 fully saturated rings. The summed E-state index contributed by atoms with van der Waals surface area (Å²) in [4.78, 5) is 71.7. The lowest BCUT2D eigenvalue weighted by atomic mass is 10.0. The van der Waals surface area contributed by atoms with Crippen molar-refractivity contribution in [2.45, 2.75) is 107 Å². The molecule has 290 valence electrons. The SMILES string of the molecule is CC[C@H]1C[C@@]1(NC(=O)[C@@H]1C[C@@H](OC(=O)N2Cc3cc4c(cc3C2)OCO4)CN1C(=O)[C@@H](NC(=O)OC(C)(C)C)c1ccccc1)C(=O)NS(=O)(=O)C1CC1. The number of amides is 5. The number of sulfonamides is 1. The van der Waals surface area contributed by atoms with Crippen LogP contribution in [0, 0.1) is 5.92 Å². The molecule has 54 heavy (non-hydrogen) atoms. The van der Waals surface area contributed by atoms with Crippen molar-refractivity contribution in [3.05, 3.63) is 59.2 Å². The van der Waals surface area contributed by atoms with Crippen molar-refractivity contribution >= 4 is 39.9 Å². The summed E-state index contributed by atoms with van der Waals surface area (Å²) in [6.07, 6.45) is -0.992. The molecule has 2 saturated carbocycles. The Kier molecular flexibility index (Phi) is 9.64. The molecule has 5 atom stereocenters. The summed E-state index contributed by atoms with van der Waals surface area (Å²) in [5.41, 5.74) is -0.214. The topological polar surface area (TPSA) is 199 Å². The van der Waals surface area contributed by atoms with Crippen LogP contribution in [-0.2, 0) is 47.0 Å². The number of benzene rings is 2. The first kappa shape index (κ1) is 37.3. The Labute approximate surface area is 313 Å². The van der Waals surface area contributed by atoms with Gasteiger partial charge in [-0.05, 0) is 74.8 Å². The van der Waals surface area contributed by atoms with Crippen molar-refractivity contribution < 1.29 is 51.3 Å². The molecule has 0 radical (unpaired) electrons. The van der Waals surface area contributed by atoms with Gasteiger partial charge in [0.2, 0.25) is 22.7 Å². The molecular weight excluding hydrogens is 722 g/mol. The van der Waals surface area contributed by atoms with Crippen molar-refractivity contribution in [1.82, 2.24) is 25.2 Å². The van der Waals surface area contributed by atoms with Gasteiger partial charge in [0.15, 0.2) is 11.5 Å². The molecule has 0 bridgehead atoms. The van der Waals surface area contributed by atoms with Crippen LogP contribution < -0.4 is 24.8 Å². The highest BCUT2D eigenvalue weighted by molar-refractivity contribution is 7.91. The monoisotopic (exact) mass is 767 g/mol. The third kappa shape index (κ3) is 7.63. The maximum absolute atomic E-state index is 14.5. The van der Waals surface area contributed by atoms with E-state index in [1.165, 1.54) is 9.80 Å². The van der Waals surface area contributed by atoms with Gasteiger partial charge in [-0.2, -0.15) is 0 Å². The van der Waals surface area contributed by atoms with Crippen LogP contribution in [0.25, 0.3) is 0 Å². The summed E-state index contributed by atoms with van der Waals surface area (Å²) in [5, 5.41) is 4.79. The number of nitrogens with one attached hydrogen (secondary N) is 3. The number of nitrogens with zero attached hydrogens (tertiary/aromatic N) is 2. The zero-order valence-electron chi connectivity index (χ0n) is 30.6. The zero-order valence-corrected chi connectivity index (χ0v) is 31.4. The Balaban J connectivity index is 1.13. The molecule has 3 aliphatic heterocycles. The predicted molar refractivity (Wildman–Crippen MR) is 190 cm³/mol. The van der Waals surface area contributed by atoms with E-state index in [1.54, 1.807) is 51.1 Å². The van der Waals surface area contributed by atoms with Gasteiger partial charge in [0.25, 0.3) is 11.8 Å². The fourth-order valence-corrected chi connectivity index (χ4v) is 8.69. The number of ether oxygens (including phenoxy) is 4. The second kappa shape index (κ2) is 14.0. The minimum absolute atomic E-state index is 0.122. The second-order valence-electron chi connectivity index (χ2n) is 15.5.